The predicted molar refractivity (Wildman–Crippen MR) is 104 cm³/mol. The fraction of sp³-hybridized carbons (Fsp3) is 0.619. The summed E-state index contributed by atoms with van der Waals surface area (Å²) < 4.78 is 5.34. The Kier molecular flexibility index (Phi) is 4.84. The SMILES string of the molecule is Cc1cccc(N2CCN(C(=O)C3(C(=O)N4CCOCC4)CC3)CC2)c1C. The lowest BCUT2D eigenvalue weighted by atomic mass is 10.0. The lowest BCUT2D eigenvalue weighted by Crippen LogP contribution is -2.54. The van der Waals surface area contributed by atoms with Crippen molar-refractivity contribution < 1.29 is 14.3 Å². The van der Waals surface area contributed by atoms with E-state index >= 15 is 0 Å². The van der Waals surface area contributed by atoms with Crippen molar-refractivity contribution in [2.45, 2.75) is 26.7 Å². The van der Waals surface area contributed by atoms with Gasteiger partial charge in [-0.25, -0.2) is 0 Å². The van der Waals surface area contributed by atoms with Gasteiger partial charge in [0.05, 0.1) is 13.2 Å². The van der Waals surface area contributed by atoms with E-state index < -0.39 is 5.41 Å². The Hall–Kier alpha value is -2.08. The molecule has 4 rings (SSSR count). The second-order valence-corrected chi connectivity index (χ2v) is 7.98. The Labute approximate surface area is 161 Å². The third-order valence-corrected chi connectivity index (χ3v) is 6.35. The summed E-state index contributed by atoms with van der Waals surface area (Å²) in [5, 5.41) is 0. The minimum absolute atomic E-state index is 0.0211. The van der Waals surface area contributed by atoms with Crippen LogP contribution in [0, 0.1) is 19.3 Å². The molecule has 0 N–H and O–H groups in total. The van der Waals surface area contributed by atoms with E-state index in [0.29, 0.717) is 52.2 Å². The molecule has 2 heterocycles. The molecule has 0 atom stereocenters. The second kappa shape index (κ2) is 7.15. The Balaban J connectivity index is 1.40. The first-order valence-electron chi connectivity index (χ1n) is 10.0. The molecule has 2 amide bonds. The maximum Gasteiger partial charge on any atom is 0.238 e. The van der Waals surface area contributed by atoms with Crippen molar-refractivity contribution >= 4 is 17.5 Å². The van der Waals surface area contributed by atoms with Crippen LogP contribution in [0.2, 0.25) is 0 Å². The van der Waals surface area contributed by atoms with Gasteiger partial charge in [0.15, 0.2) is 0 Å². The monoisotopic (exact) mass is 371 g/mol. The van der Waals surface area contributed by atoms with Crippen LogP contribution >= 0.6 is 0 Å². The summed E-state index contributed by atoms with van der Waals surface area (Å²) >= 11 is 0. The van der Waals surface area contributed by atoms with Gasteiger partial charge in [0, 0.05) is 45.0 Å². The number of benzene rings is 1. The van der Waals surface area contributed by atoms with Gasteiger partial charge in [0.25, 0.3) is 0 Å². The van der Waals surface area contributed by atoms with E-state index in [1.54, 1.807) is 0 Å². The topological polar surface area (TPSA) is 53.1 Å². The number of amides is 2. The molecule has 2 aliphatic heterocycles. The highest BCUT2D eigenvalue weighted by atomic mass is 16.5. The van der Waals surface area contributed by atoms with Crippen molar-refractivity contribution in [3.05, 3.63) is 29.3 Å². The van der Waals surface area contributed by atoms with Gasteiger partial charge in [-0.15, -0.1) is 0 Å². The number of ether oxygens (including phenoxy) is 1. The molecule has 1 aromatic carbocycles. The Morgan fingerprint density at radius 3 is 2.07 bits per heavy atom. The number of nitrogens with zero attached hydrogens (tertiary/aromatic N) is 3. The lowest BCUT2D eigenvalue weighted by molar-refractivity contribution is -0.152. The highest BCUT2D eigenvalue weighted by molar-refractivity contribution is 6.08. The normalized spacial score (nSPS) is 21.9. The van der Waals surface area contributed by atoms with Crippen LogP contribution in [-0.2, 0) is 14.3 Å². The van der Waals surface area contributed by atoms with Crippen LogP contribution in [-0.4, -0.2) is 74.1 Å². The zero-order chi connectivity index (χ0) is 19.0. The molecule has 0 spiro atoms. The number of carbonyl (C=O) groups excluding carboxylic acids is 2. The molecule has 1 aromatic rings. The number of carbonyl (C=O) groups is 2. The summed E-state index contributed by atoms with van der Waals surface area (Å²) in [5.41, 5.74) is 3.07. The van der Waals surface area contributed by atoms with Crippen LogP contribution in [0.25, 0.3) is 0 Å². The largest absolute Gasteiger partial charge is 0.378 e. The lowest BCUT2D eigenvalue weighted by Gasteiger charge is -2.39. The average Bonchev–Trinajstić information content (AvgIpc) is 3.52. The molecule has 27 heavy (non-hydrogen) atoms. The molecule has 0 aromatic heterocycles. The average molecular weight is 371 g/mol. The van der Waals surface area contributed by atoms with Gasteiger partial charge in [-0.3, -0.25) is 9.59 Å². The molecule has 0 bridgehead atoms. The number of hydrogen-bond donors (Lipinski definition) is 0. The van der Waals surface area contributed by atoms with E-state index in [1.807, 2.05) is 9.80 Å². The van der Waals surface area contributed by atoms with Crippen LogP contribution in [0.5, 0.6) is 0 Å². The summed E-state index contributed by atoms with van der Waals surface area (Å²) in [5.74, 6) is 0.0624. The van der Waals surface area contributed by atoms with Crippen LogP contribution in [0.3, 0.4) is 0 Å². The summed E-state index contributed by atoms with van der Waals surface area (Å²) in [6.07, 6.45) is 1.39. The number of aryl methyl sites for hydroxylation is 1. The minimum atomic E-state index is -0.779. The summed E-state index contributed by atoms with van der Waals surface area (Å²) in [6.45, 7) is 9.65. The molecule has 146 valence electrons. The summed E-state index contributed by atoms with van der Waals surface area (Å²) in [4.78, 5) is 32.2. The van der Waals surface area contributed by atoms with Gasteiger partial charge in [-0.05, 0) is 43.9 Å². The molecule has 0 radical (unpaired) electrons. The fourth-order valence-corrected chi connectivity index (χ4v) is 4.24. The quantitative estimate of drug-likeness (QED) is 0.758. The third-order valence-electron chi connectivity index (χ3n) is 6.35. The summed E-state index contributed by atoms with van der Waals surface area (Å²) in [6, 6.07) is 6.38. The Morgan fingerprint density at radius 1 is 0.889 bits per heavy atom. The van der Waals surface area contributed by atoms with E-state index in [4.69, 9.17) is 4.74 Å². The van der Waals surface area contributed by atoms with Gasteiger partial charge in [-0.2, -0.15) is 0 Å². The molecule has 6 heteroatoms. The van der Waals surface area contributed by atoms with E-state index in [0.717, 1.165) is 13.1 Å². The van der Waals surface area contributed by atoms with Crippen molar-refractivity contribution in [2.24, 2.45) is 5.41 Å². The number of hydrogen-bond acceptors (Lipinski definition) is 4. The van der Waals surface area contributed by atoms with Crippen molar-refractivity contribution in [3.8, 4) is 0 Å². The molecule has 6 nitrogen and oxygen atoms in total. The fourth-order valence-electron chi connectivity index (χ4n) is 4.24. The van der Waals surface area contributed by atoms with E-state index in [9.17, 15) is 9.59 Å². The van der Waals surface area contributed by atoms with E-state index in [-0.39, 0.29) is 11.8 Å². The Morgan fingerprint density at radius 2 is 1.48 bits per heavy atom. The first-order chi connectivity index (χ1) is 13.0. The van der Waals surface area contributed by atoms with Gasteiger partial charge in [0.2, 0.25) is 11.8 Å². The van der Waals surface area contributed by atoms with Gasteiger partial charge in [-0.1, -0.05) is 12.1 Å². The van der Waals surface area contributed by atoms with Crippen LogP contribution in [0.1, 0.15) is 24.0 Å². The number of piperazine rings is 1. The summed E-state index contributed by atoms with van der Waals surface area (Å²) in [7, 11) is 0. The Bertz CT molecular complexity index is 730. The van der Waals surface area contributed by atoms with Crippen LogP contribution < -0.4 is 4.90 Å². The molecule has 0 unspecified atom stereocenters. The smallest absolute Gasteiger partial charge is 0.238 e. The van der Waals surface area contributed by atoms with Crippen molar-refractivity contribution in [1.29, 1.82) is 0 Å². The first-order valence-corrected chi connectivity index (χ1v) is 10.0. The zero-order valence-corrected chi connectivity index (χ0v) is 16.4. The predicted octanol–water partition coefficient (Wildman–Crippen LogP) is 1.59. The number of anilines is 1. The second-order valence-electron chi connectivity index (χ2n) is 7.98. The maximum absolute atomic E-state index is 13.2. The van der Waals surface area contributed by atoms with Crippen LogP contribution in [0.15, 0.2) is 18.2 Å². The molecular weight excluding hydrogens is 342 g/mol. The van der Waals surface area contributed by atoms with Gasteiger partial charge >= 0.3 is 0 Å². The first kappa shape index (κ1) is 18.3. The molecule has 3 aliphatic rings. The molecular formula is C21H29N3O3. The molecule has 3 fully saturated rings. The van der Waals surface area contributed by atoms with E-state index in [1.165, 1.54) is 16.8 Å². The molecule has 2 saturated heterocycles. The third kappa shape index (κ3) is 3.31. The standard InChI is InChI=1S/C21H29N3O3/c1-16-4-3-5-18(17(16)2)22-8-10-23(11-9-22)19(25)21(6-7-21)20(26)24-12-14-27-15-13-24/h3-5H,6-15H2,1-2H3. The highest BCUT2D eigenvalue weighted by Gasteiger charge is 2.59. The van der Waals surface area contributed by atoms with Gasteiger partial charge in [0.1, 0.15) is 5.41 Å². The zero-order valence-electron chi connectivity index (χ0n) is 16.4. The highest BCUT2D eigenvalue weighted by Crippen LogP contribution is 2.49. The number of morpholine rings is 1. The number of rotatable bonds is 3. The van der Waals surface area contributed by atoms with Crippen molar-refractivity contribution in [1.82, 2.24) is 9.80 Å². The minimum Gasteiger partial charge on any atom is -0.378 e. The molecule has 1 aliphatic carbocycles. The van der Waals surface area contributed by atoms with Crippen molar-refractivity contribution in [3.63, 3.8) is 0 Å². The van der Waals surface area contributed by atoms with Gasteiger partial charge < -0.3 is 19.4 Å². The van der Waals surface area contributed by atoms with Crippen LogP contribution in [0.4, 0.5) is 5.69 Å². The van der Waals surface area contributed by atoms with E-state index in [2.05, 4.69) is 36.9 Å². The molecule has 1 saturated carbocycles. The van der Waals surface area contributed by atoms with Crippen molar-refractivity contribution in [2.75, 3.05) is 57.4 Å². The maximum atomic E-state index is 13.2.